The Bertz CT molecular complexity index is 789. The van der Waals surface area contributed by atoms with Crippen molar-refractivity contribution in [2.45, 2.75) is 6.92 Å². The van der Waals surface area contributed by atoms with Gasteiger partial charge in [-0.05, 0) is 30.2 Å². The third-order valence-corrected chi connectivity index (χ3v) is 3.09. The third-order valence-electron chi connectivity index (χ3n) is 2.85. The second-order valence-corrected chi connectivity index (χ2v) is 4.46. The van der Waals surface area contributed by atoms with E-state index in [-0.39, 0.29) is 5.56 Å². The van der Waals surface area contributed by atoms with E-state index >= 15 is 0 Å². The van der Waals surface area contributed by atoms with Gasteiger partial charge in [0.1, 0.15) is 11.6 Å². The van der Waals surface area contributed by atoms with E-state index in [1.807, 2.05) is 19.1 Å². The van der Waals surface area contributed by atoms with Crippen LogP contribution < -0.4 is 5.56 Å². The molecule has 0 saturated carbocycles. The molecule has 18 heavy (non-hydrogen) atoms. The third kappa shape index (κ3) is 1.62. The first-order valence-corrected chi connectivity index (χ1v) is 5.76. The van der Waals surface area contributed by atoms with Crippen molar-refractivity contribution in [3.05, 3.63) is 51.7 Å². The van der Waals surface area contributed by atoms with Crippen molar-refractivity contribution in [1.82, 2.24) is 9.97 Å². The summed E-state index contributed by atoms with van der Waals surface area (Å²) in [5.74, 6) is 0. The smallest absolute Gasteiger partial charge is 0.262 e. The van der Waals surface area contributed by atoms with Crippen molar-refractivity contribution in [3.63, 3.8) is 0 Å². The lowest BCUT2D eigenvalue weighted by molar-refractivity contribution is 0.603. The maximum Gasteiger partial charge on any atom is 0.262 e. The second kappa shape index (κ2) is 3.99. The van der Waals surface area contributed by atoms with Crippen molar-refractivity contribution >= 4 is 22.7 Å². The molecule has 0 fully saturated rings. The second-order valence-electron chi connectivity index (χ2n) is 4.02. The van der Waals surface area contributed by atoms with Crippen molar-refractivity contribution in [2.75, 3.05) is 0 Å². The molecule has 5 heteroatoms. The lowest BCUT2D eigenvalue weighted by atomic mass is 10.0. The zero-order chi connectivity index (χ0) is 12.7. The van der Waals surface area contributed by atoms with Crippen molar-refractivity contribution in [1.29, 1.82) is 0 Å². The number of aryl methyl sites for hydroxylation is 1. The molecule has 0 saturated heterocycles. The molecular formula is C13H9ClN2O2. The molecule has 0 bridgehead atoms. The standard InChI is InChI=1S/C13H9ClN2O2/c1-7-4-8(14)2-3-9(7)10-5-18-13-11(10)12(17)15-6-16-13/h2-6H,1H3,(H,15,16,17). The highest BCUT2D eigenvalue weighted by Gasteiger charge is 2.14. The number of aromatic nitrogens is 2. The SMILES string of the molecule is Cc1cc(Cl)ccc1-c1coc2nc[nH]c(=O)c12. The van der Waals surface area contributed by atoms with Gasteiger partial charge in [-0.3, -0.25) is 4.79 Å². The topological polar surface area (TPSA) is 58.9 Å². The van der Waals surface area contributed by atoms with Gasteiger partial charge in [0.15, 0.2) is 0 Å². The normalized spacial score (nSPS) is 11.0. The number of H-pyrrole nitrogens is 1. The molecule has 4 nitrogen and oxygen atoms in total. The van der Waals surface area contributed by atoms with Gasteiger partial charge < -0.3 is 9.40 Å². The molecule has 0 atom stereocenters. The molecule has 2 aromatic heterocycles. The predicted molar refractivity (Wildman–Crippen MR) is 69.8 cm³/mol. The van der Waals surface area contributed by atoms with Crippen LogP contribution in [0.25, 0.3) is 22.2 Å². The Morgan fingerprint density at radius 3 is 2.94 bits per heavy atom. The number of aromatic amines is 1. The quantitative estimate of drug-likeness (QED) is 0.731. The number of nitrogens with one attached hydrogen (secondary N) is 1. The maximum atomic E-state index is 11.8. The highest BCUT2D eigenvalue weighted by Crippen LogP contribution is 2.30. The Kier molecular flexibility index (Phi) is 2.45. The van der Waals surface area contributed by atoms with Gasteiger partial charge in [0.25, 0.3) is 5.56 Å². The number of fused-ring (bicyclic) bond motifs is 1. The van der Waals surface area contributed by atoms with Crippen LogP contribution in [-0.2, 0) is 0 Å². The molecule has 0 aliphatic carbocycles. The molecule has 3 rings (SSSR count). The summed E-state index contributed by atoms with van der Waals surface area (Å²) in [4.78, 5) is 18.4. The number of furan rings is 1. The minimum Gasteiger partial charge on any atom is -0.445 e. The van der Waals surface area contributed by atoms with Crippen LogP contribution in [0.15, 0.2) is 40.0 Å². The largest absolute Gasteiger partial charge is 0.445 e. The van der Waals surface area contributed by atoms with Crippen LogP contribution in [0.5, 0.6) is 0 Å². The minimum absolute atomic E-state index is 0.210. The molecule has 90 valence electrons. The summed E-state index contributed by atoms with van der Waals surface area (Å²) in [6.45, 7) is 1.94. The Morgan fingerprint density at radius 2 is 2.17 bits per heavy atom. The Hall–Kier alpha value is -2.07. The van der Waals surface area contributed by atoms with Crippen LogP contribution in [0.2, 0.25) is 5.02 Å². The fraction of sp³-hybridized carbons (Fsp3) is 0.0769. The number of halogens is 1. The van der Waals surface area contributed by atoms with E-state index in [4.69, 9.17) is 16.0 Å². The first-order valence-electron chi connectivity index (χ1n) is 5.38. The molecule has 1 aromatic carbocycles. The van der Waals surface area contributed by atoms with E-state index in [0.717, 1.165) is 16.7 Å². The lowest BCUT2D eigenvalue weighted by Crippen LogP contribution is -2.05. The highest BCUT2D eigenvalue weighted by molar-refractivity contribution is 6.30. The van der Waals surface area contributed by atoms with Gasteiger partial charge in [0, 0.05) is 10.6 Å². The van der Waals surface area contributed by atoms with E-state index in [1.165, 1.54) is 6.33 Å². The van der Waals surface area contributed by atoms with Crippen LogP contribution >= 0.6 is 11.6 Å². The summed E-state index contributed by atoms with van der Waals surface area (Å²) in [6, 6.07) is 5.50. The van der Waals surface area contributed by atoms with Crippen LogP contribution in [0.4, 0.5) is 0 Å². The molecule has 0 aliphatic heterocycles. The van der Waals surface area contributed by atoms with E-state index < -0.39 is 0 Å². The van der Waals surface area contributed by atoms with Gasteiger partial charge in [0.05, 0.1) is 6.33 Å². The number of hydrogen-bond acceptors (Lipinski definition) is 3. The van der Waals surface area contributed by atoms with E-state index in [9.17, 15) is 4.79 Å². The molecule has 0 amide bonds. The summed E-state index contributed by atoms with van der Waals surface area (Å²) in [5, 5.41) is 1.12. The minimum atomic E-state index is -0.210. The molecule has 3 aromatic rings. The Morgan fingerprint density at radius 1 is 1.33 bits per heavy atom. The van der Waals surface area contributed by atoms with Gasteiger partial charge in [-0.15, -0.1) is 0 Å². The first-order chi connectivity index (χ1) is 8.66. The average Bonchev–Trinajstić information content (AvgIpc) is 2.74. The van der Waals surface area contributed by atoms with Crippen molar-refractivity contribution < 1.29 is 4.42 Å². The molecule has 2 heterocycles. The maximum absolute atomic E-state index is 11.8. The van der Waals surface area contributed by atoms with Crippen LogP contribution in [-0.4, -0.2) is 9.97 Å². The predicted octanol–water partition coefficient (Wildman–Crippen LogP) is 3.14. The van der Waals surface area contributed by atoms with Gasteiger partial charge in [0.2, 0.25) is 5.71 Å². The summed E-state index contributed by atoms with van der Waals surface area (Å²) in [7, 11) is 0. The first kappa shape index (κ1) is 11.0. The average molecular weight is 261 g/mol. The number of hydrogen-bond donors (Lipinski definition) is 1. The summed E-state index contributed by atoms with van der Waals surface area (Å²) >= 11 is 5.92. The van der Waals surface area contributed by atoms with Gasteiger partial charge >= 0.3 is 0 Å². The molecule has 0 aliphatic rings. The molecule has 0 spiro atoms. The zero-order valence-electron chi connectivity index (χ0n) is 9.53. The van der Waals surface area contributed by atoms with E-state index in [0.29, 0.717) is 16.1 Å². The van der Waals surface area contributed by atoms with Crippen LogP contribution in [0, 0.1) is 6.92 Å². The van der Waals surface area contributed by atoms with Crippen molar-refractivity contribution in [3.8, 4) is 11.1 Å². The molecule has 0 unspecified atom stereocenters. The summed E-state index contributed by atoms with van der Waals surface area (Å²) < 4.78 is 5.31. The highest BCUT2D eigenvalue weighted by atomic mass is 35.5. The van der Waals surface area contributed by atoms with Crippen LogP contribution in [0.1, 0.15) is 5.56 Å². The zero-order valence-corrected chi connectivity index (χ0v) is 10.3. The van der Waals surface area contributed by atoms with Gasteiger partial charge in [-0.25, -0.2) is 4.98 Å². The monoisotopic (exact) mass is 260 g/mol. The van der Waals surface area contributed by atoms with E-state index in [1.54, 1.807) is 12.3 Å². The lowest BCUT2D eigenvalue weighted by Gasteiger charge is -2.03. The summed E-state index contributed by atoms with van der Waals surface area (Å²) in [6.07, 6.45) is 2.87. The number of nitrogens with zero attached hydrogens (tertiary/aromatic N) is 1. The Labute approximate surface area is 107 Å². The molecular weight excluding hydrogens is 252 g/mol. The van der Waals surface area contributed by atoms with Crippen molar-refractivity contribution in [2.24, 2.45) is 0 Å². The summed E-state index contributed by atoms with van der Waals surface area (Å²) in [5.41, 5.74) is 2.75. The van der Waals surface area contributed by atoms with Gasteiger partial charge in [-0.1, -0.05) is 17.7 Å². The fourth-order valence-electron chi connectivity index (χ4n) is 2.01. The van der Waals surface area contributed by atoms with E-state index in [2.05, 4.69) is 9.97 Å². The molecule has 0 radical (unpaired) electrons. The fourth-order valence-corrected chi connectivity index (χ4v) is 2.24. The van der Waals surface area contributed by atoms with Gasteiger partial charge in [-0.2, -0.15) is 0 Å². The molecule has 1 N–H and O–H groups in total. The number of benzene rings is 1. The number of rotatable bonds is 1. The Balaban J connectivity index is 2.35. The van der Waals surface area contributed by atoms with Crippen LogP contribution in [0.3, 0.4) is 0 Å².